The van der Waals surface area contributed by atoms with E-state index < -0.39 is 0 Å². The number of hydrogen-bond acceptors (Lipinski definition) is 4. The average molecular weight is 239 g/mol. The first-order valence-corrected chi connectivity index (χ1v) is 6.70. The lowest BCUT2D eigenvalue weighted by Crippen LogP contribution is -2.24. The largest absolute Gasteiger partial charge is 0.466 e. The highest BCUT2D eigenvalue weighted by molar-refractivity contribution is 7.11. The van der Waals surface area contributed by atoms with Gasteiger partial charge in [0.05, 0.1) is 23.2 Å². The minimum Gasteiger partial charge on any atom is -0.466 e. The number of nitrogens with zero attached hydrogens (tertiary/aromatic N) is 1. The summed E-state index contributed by atoms with van der Waals surface area (Å²) in [6.45, 7) is 4.45. The molecule has 16 heavy (non-hydrogen) atoms. The van der Waals surface area contributed by atoms with Gasteiger partial charge in [-0.05, 0) is 32.6 Å². The molecule has 1 unspecified atom stereocenters. The number of carbonyl (C=O) groups excluding carboxylic acids is 1. The number of rotatable bonds is 3. The summed E-state index contributed by atoms with van der Waals surface area (Å²) in [5.41, 5.74) is 1.21. The maximum atomic E-state index is 11.6. The zero-order chi connectivity index (χ0) is 11.5. The average Bonchev–Trinajstić information content (AvgIpc) is 2.70. The van der Waals surface area contributed by atoms with Crippen LogP contribution in [0.5, 0.6) is 0 Å². The Kier molecular flexibility index (Phi) is 3.59. The number of hydrogen-bond donors (Lipinski definition) is 0. The highest BCUT2D eigenvalue weighted by Crippen LogP contribution is 2.30. The fourth-order valence-electron chi connectivity index (χ4n) is 2.04. The number of esters is 1. The van der Waals surface area contributed by atoms with Crippen molar-refractivity contribution in [1.82, 2.24) is 4.98 Å². The Morgan fingerprint density at radius 1 is 1.56 bits per heavy atom. The summed E-state index contributed by atoms with van der Waals surface area (Å²) in [4.78, 5) is 17.5. The summed E-state index contributed by atoms with van der Waals surface area (Å²) in [7, 11) is 0. The minimum atomic E-state index is -0.0420. The normalized spacial score (nSPS) is 19.2. The summed E-state index contributed by atoms with van der Waals surface area (Å²) in [6.07, 6.45) is 3.63. The lowest BCUT2D eigenvalue weighted by molar-refractivity contribution is -0.148. The molecule has 0 fully saturated rings. The Bertz CT molecular complexity index is 386. The van der Waals surface area contributed by atoms with Gasteiger partial charge in [-0.25, -0.2) is 4.98 Å². The highest BCUT2D eigenvalue weighted by atomic mass is 32.1. The van der Waals surface area contributed by atoms with Gasteiger partial charge in [-0.1, -0.05) is 6.92 Å². The van der Waals surface area contributed by atoms with E-state index in [1.54, 1.807) is 11.3 Å². The van der Waals surface area contributed by atoms with Crippen molar-refractivity contribution >= 4 is 17.3 Å². The van der Waals surface area contributed by atoms with Crippen molar-refractivity contribution in [2.24, 2.45) is 5.92 Å². The maximum absolute atomic E-state index is 11.6. The second-order valence-corrected chi connectivity index (χ2v) is 5.19. The summed E-state index contributed by atoms with van der Waals surface area (Å²) < 4.78 is 5.07. The van der Waals surface area contributed by atoms with Crippen LogP contribution in [0, 0.1) is 5.92 Å². The molecule has 88 valence electrons. The number of thiazole rings is 1. The van der Waals surface area contributed by atoms with E-state index in [1.807, 2.05) is 6.92 Å². The molecule has 2 rings (SSSR count). The smallest absolute Gasteiger partial charge is 0.309 e. The van der Waals surface area contributed by atoms with E-state index in [-0.39, 0.29) is 11.9 Å². The Balaban J connectivity index is 2.08. The molecule has 1 aliphatic carbocycles. The number of carbonyl (C=O) groups is 1. The molecule has 0 radical (unpaired) electrons. The van der Waals surface area contributed by atoms with Crippen molar-refractivity contribution in [3.63, 3.8) is 0 Å². The van der Waals surface area contributed by atoms with Gasteiger partial charge in [-0.2, -0.15) is 0 Å². The number of fused-ring (bicyclic) bond motifs is 1. The van der Waals surface area contributed by atoms with E-state index >= 15 is 0 Å². The van der Waals surface area contributed by atoms with E-state index in [4.69, 9.17) is 4.74 Å². The molecule has 0 saturated carbocycles. The van der Waals surface area contributed by atoms with Gasteiger partial charge < -0.3 is 4.74 Å². The topological polar surface area (TPSA) is 39.2 Å². The molecule has 0 bridgehead atoms. The Morgan fingerprint density at radius 2 is 2.38 bits per heavy atom. The molecule has 0 saturated heterocycles. The fourth-order valence-corrected chi connectivity index (χ4v) is 3.18. The van der Waals surface area contributed by atoms with E-state index in [1.165, 1.54) is 15.6 Å². The molecule has 3 nitrogen and oxygen atoms in total. The van der Waals surface area contributed by atoms with E-state index in [0.717, 1.165) is 25.7 Å². The number of ether oxygens (including phenoxy) is 1. The van der Waals surface area contributed by atoms with Crippen LogP contribution in [-0.2, 0) is 28.8 Å². The molecule has 0 aromatic carbocycles. The van der Waals surface area contributed by atoms with Crippen LogP contribution < -0.4 is 0 Å². The molecular weight excluding hydrogens is 222 g/mol. The Labute approximate surface area is 99.8 Å². The van der Waals surface area contributed by atoms with Crippen molar-refractivity contribution in [3.05, 3.63) is 15.6 Å². The van der Waals surface area contributed by atoms with E-state index in [2.05, 4.69) is 11.9 Å². The Morgan fingerprint density at radius 3 is 3.06 bits per heavy atom. The maximum Gasteiger partial charge on any atom is 0.309 e. The van der Waals surface area contributed by atoms with Crippen LogP contribution >= 0.6 is 11.3 Å². The first-order chi connectivity index (χ1) is 7.74. The van der Waals surface area contributed by atoms with Gasteiger partial charge in [0.1, 0.15) is 0 Å². The van der Waals surface area contributed by atoms with Crippen LogP contribution in [-0.4, -0.2) is 17.6 Å². The second-order valence-electron chi connectivity index (χ2n) is 4.02. The monoisotopic (exact) mass is 239 g/mol. The summed E-state index contributed by atoms with van der Waals surface area (Å²) in [5.74, 6) is 0.0113. The van der Waals surface area contributed by atoms with Gasteiger partial charge in [-0.3, -0.25) is 4.79 Å². The minimum absolute atomic E-state index is 0.0420. The van der Waals surface area contributed by atoms with Crippen LogP contribution in [0.2, 0.25) is 0 Å². The zero-order valence-electron chi connectivity index (χ0n) is 9.78. The van der Waals surface area contributed by atoms with Gasteiger partial charge in [0.25, 0.3) is 0 Å². The van der Waals surface area contributed by atoms with Crippen molar-refractivity contribution in [2.45, 2.75) is 39.5 Å². The van der Waals surface area contributed by atoms with Crippen LogP contribution in [0.3, 0.4) is 0 Å². The van der Waals surface area contributed by atoms with E-state index in [0.29, 0.717) is 6.61 Å². The molecule has 4 heteroatoms. The predicted octanol–water partition coefficient (Wildman–Crippen LogP) is 2.37. The molecule has 1 atom stereocenters. The second kappa shape index (κ2) is 4.95. The fraction of sp³-hybridized carbons (Fsp3) is 0.667. The molecule has 1 aromatic heterocycles. The molecule has 0 spiro atoms. The molecule has 1 aliphatic rings. The van der Waals surface area contributed by atoms with Gasteiger partial charge in [0, 0.05) is 4.88 Å². The number of aryl methyl sites for hydroxylation is 2. The first kappa shape index (κ1) is 11.6. The van der Waals surface area contributed by atoms with Crippen LogP contribution in [0.15, 0.2) is 0 Å². The van der Waals surface area contributed by atoms with Crippen molar-refractivity contribution < 1.29 is 9.53 Å². The summed E-state index contributed by atoms with van der Waals surface area (Å²) in [6, 6.07) is 0. The van der Waals surface area contributed by atoms with Crippen LogP contribution in [0.25, 0.3) is 0 Å². The molecule has 0 N–H and O–H groups in total. The Hall–Kier alpha value is -0.900. The standard InChI is InChI=1S/C12H17NO2S/c1-3-11-13-9-6-5-8(7-10(9)16-11)12(14)15-4-2/h8H,3-7H2,1-2H3. The molecular formula is C12H17NO2S. The van der Waals surface area contributed by atoms with Crippen molar-refractivity contribution in [1.29, 1.82) is 0 Å². The predicted molar refractivity (Wildman–Crippen MR) is 63.6 cm³/mol. The van der Waals surface area contributed by atoms with Gasteiger partial charge in [0.2, 0.25) is 0 Å². The van der Waals surface area contributed by atoms with Gasteiger partial charge in [-0.15, -0.1) is 11.3 Å². The molecule has 1 heterocycles. The van der Waals surface area contributed by atoms with Gasteiger partial charge in [0.15, 0.2) is 0 Å². The third kappa shape index (κ3) is 2.26. The first-order valence-electron chi connectivity index (χ1n) is 5.88. The lowest BCUT2D eigenvalue weighted by atomic mass is 9.91. The number of aromatic nitrogens is 1. The quantitative estimate of drug-likeness (QED) is 0.760. The molecule has 0 aliphatic heterocycles. The SMILES string of the molecule is CCOC(=O)C1CCc2nc(CC)sc2C1. The third-order valence-corrected chi connectivity index (χ3v) is 4.17. The highest BCUT2D eigenvalue weighted by Gasteiger charge is 2.28. The summed E-state index contributed by atoms with van der Waals surface area (Å²) >= 11 is 1.76. The lowest BCUT2D eigenvalue weighted by Gasteiger charge is -2.19. The van der Waals surface area contributed by atoms with Crippen LogP contribution in [0.4, 0.5) is 0 Å². The van der Waals surface area contributed by atoms with Crippen molar-refractivity contribution in [3.8, 4) is 0 Å². The molecule has 1 aromatic rings. The van der Waals surface area contributed by atoms with Crippen LogP contribution in [0.1, 0.15) is 35.8 Å². The van der Waals surface area contributed by atoms with Crippen molar-refractivity contribution in [2.75, 3.05) is 6.61 Å². The van der Waals surface area contributed by atoms with E-state index in [9.17, 15) is 4.79 Å². The molecule has 0 amide bonds. The third-order valence-electron chi connectivity index (χ3n) is 2.91. The zero-order valence-corrected chi connectivity index (χ0v) is 10.6. The summed E-state index contributed by atoms with van der Waals surface area (Å²) in [5, 5.41) is 1.19. The van der Waals surface area contributed by atoms with Gasteiger partial charge >= 0.3 is 5.97 Å².